The van der Waals surface area contributed by atoms with Crippen molar-refractivity contribution in [3.63, 3.8) is 0 Å². The molecule has 0 saturated carbocycles. The first kappa shape index (κ1) is 23.9. The highest BCUT2D eigenvalue weighted by atomic mass is 16.6. The summed E-state index contributed by atoms with van der Waals surface area (Å²) >= 11 is 0. The van der Waals surface area contributed by atoms with E-state index in [9.17, 15) is 24.0 Å². The zero-order valence-electron chi connectivity index (χ0n) is 18.4. The first-order valence-electron chi connectivity index (χ1n) is 10.0. The molecule has 1 aliphatic heterocycles. The Morgan fingerprint density at radius 1 is 1.09 bits per heavy atom. The lowest BCUT2D eigenvalue weighted by Crippen LogP contribution is -2.58. The number of hydrogen-bond acceptors (Lipinski definition) is 10. The number of aromatic amines is 1. The van der Waals surface area contributed by atoms with Crippen LogP contribution in [0.25, 0.3) is 0 Å². The fourth-order valence-electron chi connectivity index (χ4n) is 3.68. The maximum Gasteiger partial charge on any atom is 0.330 e. The van der Waals surface area contributed by atoms with Crippen molar-refractivity contribution in [3.05, 3.63) is 51.3 Å². The van der Waals surface area contributed by atoms with Crippen LogP contribution in [0.5, 0.6) is 0 Å². The van der Waals surface area contributed by atoms with Crippen LogP contribution in [0.4, 0.5) is 0 Å². The number of H-pyrrole nitrogens is 1. The summed E-state index contributed by atoms with van der Waals surface area (Å²) in [4.78, 5) is 66.1. The smallest absolute Gasteiger partial charge is 0.330 e. The third kappa shape index (κ3) is 5.37. The van der Waals surface area contributed by atoms with E-state index in [2.05, 4.69) is 9.97 Å². The normalized spacial score (nSPS) is 24.7. The van der Waals surface area contributed by atoms with E-state index in [0.29, 0.717) is 0 Å². The van der Waals surface area contributed by atoms with Crippen molar-refractivity contribution in [1.82, 2.24) is 19.1 Å². The minimum atomic E-state index is -1.27. The van der Waals surface area contributed by atoms with E-state index >= 15 is 0 Å². The maximum atomic E-state index is 12.6. The predicted molar refractivity (Wildman–Crippen MR) is 109 cm³/mol. The summed E-state index contributed by atoms with van der Waals surface area (Å²) in [5.74, 6) is -1.94. The van der Waals surface area contributed by atoms with E-state index < -0.39 is 59.7 Å². The minimum Gasteiger partial charge on any atom is -0.463 e. The summed E-state index contributed by atoms with van der Waals surface area (Å²) in [5, 5.41) is 0. The quantitative estimate of drug-likeness (QED) is 0.440. The van der Waals surface area contributed by atoms with Gasteiger partial charge < -0.3 is 23.5 Å². The molecule has 178 valence electrons. The SMILES string of the molecule is CC(=O)OC[C@H]1O[C@@H](n2cc(C)c(=O)[nH]c2=O)[C@@H](OC(C)=O)[C@H](n2ccnc2)[C@@H]1OC(C)=O. The molecule has 0 amide bonds. The number of rotatable bonds is 6. The van der Waals surface area contributed by atoms with Gasteiger partial charge >= 0.3 is 23.6 Å². The summed E-state index contributed by atoms with van der Waals surface area (Å²) in [7, 11) is 0. The molecule has 1 N–H and O–H groups in total. The zero-order valence-corrected chi connectivity index (χ0v) is 18.4. The fourth-order valence-corrected chi connectivity index (χ4v) is 3.68. The number of carbonyl (C=O) groups is 3. The van der Waals surface area contributed by atoms with Crippen LogP contribution in [0.15, 0.2) is 34.5 Å². The van der Waals surface area contributed by atoms with Gasteiger partial charge in [-0.05, 0) is 6.92 Å². The van der Waals surface area contributed by atoms with Crippen LogP contribution in [0, 0.1) is 6.92 Å². The standard InChI is InChI=1S/C20H24N4O9/c1-10-7-24(20(29)22-18(10)28)19-17(32-13(4)27)15(23-6-5-21-9-23)16(31-12(3)26)14(33-19)8-30-11(2)25/h5-7,9,14-17,19H,8H2,1-4H3,(H,22,28,29)/t14-,15-,16-,17+,19-/m1/s1. The highest BCUT2D eigenvalue weighted by Gasteiger charge is 2.52. The molecule has 13 nitrogen and oxygen atoms in total. The summed E-state index contributed by atoms with van der Waals surface area (Å²) in [6.45, 7) is 4.74. The summed E-state index contributed by atoms with van der Waals surface area (Å²) in [6.07, 6.45) is 1.11. The van der Waals surface area contributed by atoms with Gasteiger partial charge in [-0.25, -0.2) is 9.78 Å². The second-order valence-electron chi connectivity index (χ2n) is 7.49. The molecular weight excluding hydrogens is 440 g/mol. The number of nitrogens with zero attached hydrogens (tertiary/aromatic N) is 3. The Morgan fingerprint density at radius 2 is 1.76 bits per heavy atom. The lowest BCUT2D eigenvalue weighted by Gasteiger charge is -2.45. The van der Waals surface area contributed by atoms with Gasteiger partial charge in [0.05, 0.1) is 6.33 Å². The van der Waals surface area contributed by atoms with E-state index in [1.807, 2.05) is 0 Å². The fraction of sp³-hybridized carbons (Fsp3) is 0.500. The Morgan fingerprint density at radius 3 is 2.33 bits per heavy atom. The zero-order chi connectivity index (χ0) is 24.3. The van der Waals surface area contributed by atoms with Crippen LogP contribution in [-0.4, -0.2) is 61.9 Å². The molecule has 2 aromatic heterocycles. The summed E-state index contributed by atoms with van der Waals surface area (Å²) < 4.78 is 24.8. The number of ether oxygens (including phenoxy) is 4. The minimum absolute atomic E-state index is 0.206. The summed E-state index contributed by atoms with van der Waals surface area (Å²) in [6, 6.07) is -0.918. The number of carbonyl (C=O) groups excluding carboxylic acids is 3. The van der Waals surface area contributed by atoms with Crippen molar-refractivity contribution in [1.29, 1.82) is 0 Å². The van der Waals surface area contributed by atoms with Crippen LogP contribution in [0.2, 0.25) is 0 Å². The number of aromatic nitrogens is 4. The van der Waals surface area contributed by atoms with Gasteiger partial charge in [-0.3, -0.25) is 28.7 Å². The van der Waals surface area contributed by atoms with E-state index in [-0.39, 0.29) is 12.2 Å². The average Bonchev–Trinajstić information content (AvgIpc) is 3.24. The van der Waals surface area contributed by atoms with Crippen molar-refractivity contribution in [2.24, 2.45) is 0 Å². The van der Waals surface area contributed by atoms with Gasteiger partial charge in [0.25, 0.3) is 5.56 Å². The van der Waals surface area contributed by atoms with Crippen molar-refractivity contribution >= 4 is 17.9 Å². The van der Waals surface area contributed by atoms with Crippen molar-refractivity contribution < 1.29 is 33.3 Å². The first-order chi connectivity index (χ1) is 15.6. The molecular formula is C20H24N4O9. The highest BCUT2D eigenvalue weighted by molar-refractivity contribution is 5.67. The molecule has 3 rings (SSSR count). The lowest BCUT2D eigenvalue weighted by molar-refractivity contribution is -0.246. The number of imidazole rings is 1. The highest BCUT2D eigenvalue weighted by Crippen LogP contribution is 2.39. The molecule has 13 heteroatoms. The van der Waals surface area contributed by atoms with Crippen molar-refractivity contribution in [2.75, 3.05) is 6.61 Å². The van der Waals surface area contributed by atoms with Gasteiger partial charge in [0.1, 0.15) is 18.8 Å². The van der Waals surface area contributed by atoms with Crippen molar-refractivity contribution in [2.45, 2.75) is 58.3 Å². The third-order valence-electron chi connectivity index (χ3n) is 4.98. The van der Waals surface area contributed by atoms with Gasteiger partial charge in [-0.1, -0.05) is 0 Å². The molecule has 0 aliphatic carbocycles. The van der Waals surface area contributed by atoms with Crippen LogP contribution in [0.3, 0.4) is 0 Å². The molecule has 0 unspecified atom stereocenters. The van der Waals surface area contributed by atoms with E-state index in [0.717, 1.165) is 4.57 Å². The van der Waals surface area contributed by atoms with Crippen LogP contribution >= 0.6 is 0 Å². The van der Waals surface area contributed by atoms with E-state index in [1.54, 1.807) is 10.8 Å². The summed E-state index contributed by atoms with van der Waals surface area (Å²) in [5.41, 5.74) is -1.19. The monoisotopic (exact) mass is 464 g/mol. The topological polar surface area (TPSA) is 161 Å². The number of esters is 3. The molecule has 0 bridgehead atoms. The van der Waals surface area contributed by atoms with Gasteiger partial charge in [0.15, 0.2) is 18.4 Å². The Hall–Kier alpha value is -3.74. The van der Waals surface area contributed by atoms with Crippen LogP contribution < -0.4 is 11.2 Å². The molecule has 0 aromatic carbocycles. The Balaban J connectivity index is 2.19. The lowest BCUT2D eigenvalue weighted by atomic mass is 9.94. The van der Waals surface area contributed by atoms with E-state index in [1.165, 1.54) is 46.4 Å². The third-order valence-corrected chi connectivity index (χ3v) is 4.98. The van der Waals surface area contributed by atoms with Gasteiger partial charge in [-0.2, -0.15) is 0 Å². The Kier molecular flexibility index (Phi) is 7.11. The molecule has 5 atom stereocenters. The molecule has 3 heterocycles. The van der Waals surface area contributed by atoms with Crippen LogP contribution in [-0.2, 0) is 33.3 Å². The molecule has 0 radical (unpaired) electrons. The molecule has 0 spiro atoms. The number of aryl methyl sites for hydroxylation is 1. The Labute approximate surface area is 187 Å². The van der Waals surface area contributed by atoms with E-state index in [4.69, 9.17) is 18.9 Å². The average molecular weight is 464 g/mol. The number of nitrogens with one attached hydrogen (secondary N) is 1. The van der Waals surface area contributed by atoms with Gasteiger partial charge in [-0.15, -0.1) is 0 Å². The van der Waals surface area contributed by atoms with Crippen molar-refractivity contribution in [3.8, 4) is 0 Å². The molecule has 1 aliphatic rings. The Bertz CT molecular complexity index is 1140. The first-order valence-corrected chi connectivity index (χ1v) is 10.0. The second kappa shape index (κ2) is 9.81. The predicted octanol–water partition coefficient (Wildman–Crippen LogP) is -0.393. The number of hydrogen-bond donors (Lipinski definition) is 1. The van der Waals surface area contributed by atoms with Crippen LogP contribution in [0.1, 0.15) is 38.6 Å². The maximum absolute atomic E-state index is 12.6. The van der Waals surface area contributed by atoms with Gasteiger partial charge in [0, 0.05) is 44.9 Å². The molecule has 1 fully saturated rings. The molecule has 1 saturated heterocycles. The molecule has 33 heavy (non-hydrogen) atoms. The largest absolute Gasteiger partial charge is 0.463 e. The second-order valence-corrected chi connectivity index (χ2v) is 7.49. The van der Waals surface area contributed by atoms with Gasteiger partial charge in [0.2, 0.25) is 0 Å². The molecule has 2 aromatic rings.